The first kappa shape index (κ1) is 21.9. The van der Waals surface area contributed by atoms with E-state index >= 15 is 0 Å². The Morgan fingerprint density at radius 2 is 1.82 bits per heavy atom. The predicted octanol–water partition coefficient (Wildman–Crippen LogP) is 4.22. The van der Waals surface area contributed by atoms with Gasteiger partial charge in [-0.05, 0) is 65.6 Å². The highest BCUT2D eigenvalue weighted by Gasteiger charge is 2.34. The molecule has 1 saturated heterocycles. The van der Waals surface area contributed by atoms with E-state index in [-0.39, 0.29) is 23.9 Å². The number of hydrogen-bond acceptors (Lipinski definition) is 4. The minimum absolute atomic E-state index is 0.00268. The van der Waals surface area contributed by atoms with Gasteiger partial charge in [-0.15, -0.1) is 0 Å². The van der Waals surface area contributed by atoms with Gasteiger partial charge in [0.25, 0.3) is 0 Å². The summed E-state index contributed by atoms with van der Waals surface area (Å²) in [6.07, 6.45) is 1.67. The molecule has 1 fully saturated rings. The number of likely N-dealkylation sites (tertiary alicyclic amines) is 1. The van der Waals surface area contributed by atoms with Crippen LogP contribution < -0.4 is 15.4 Å². The van der Waals surface area contributed by atoms with Crippen LogP contribution in [-0.4, -0.2) is 41.7 Å². The Morgan fingerprint density at radius 3 is 2.53 bits per heavy atom. The molecule has 0 spiro atoms. The summed E-state index contributed by atoms with van der Waals surface area (Å²) in [7, 11) is 0. The molecule has 0 aliphatic carbocycles. The second-order valence-corrected chi connectivity index (χ2v) is 9.19. The summed E-state index contributed by atoms with van der Waals surface area (Å²) in [6, 6.07) is 17.9. The minimum atomic E-state index is -0.101. The second kappa shape index (κ2) is 8.48. The van der Waals surface area contributed by atoms with E-state index in [9.17, 15) is 4.79 Å². The van der Waals surface area contributed by atoms with E-state index in [1.807, 2.05) is 47.1 Å². The van der Waals surface area contributed by atoms with Crippen LogP contribution in [0.4, 0.5) is 5.69 Å². The van der Waals surface area contributed by atoms with Crippen molar-refractivity contribution in [2.24, 2.45) is 5.73 Å². The van der Waals surface area contributed by atoms with Crippen molar-refractivity contribution in [3.05, 3.63) is 71.3 Å². The number of ether oxygens (including phenoxy) is 1. The normalized spacial score (nSPS) is 19.4. The van der Waals surface area contributed by atoms with Crippen molar-refractivity contribution >= 4 is 34.0 Å². The number of rotatable bonds is 4. The lowest BCUT2D eigenvalue weighted by atomic mass is 9.97. The number of carbonyl (C=O) groups is 1. The van der Waals surface area contributed by atoms with Crippen LogP contribution in [0.25, 0.3) is 10.8 Å². The molecule has 0 bridgehead atoms. The Bertz CT molecular complexity index is 1320. The topological polar surface area (TPSA) is 106 Å². The van der Waals surface area contributed by atoms with E-state index in [0.29, 0.717) is 17.8 Å². The van der Waals surface area contributed by atoms with Gasteiger partial charge >= 0.3 is 0 Å². The number of fused-ring (bicyclic) bond motifs is 2. The molecule has 5 rings (SSSR count). The van der Waals surface area contributed by atoms with Crippen LogP contribution in [0.5, 0.6) is 5.75 Å². The zero-order valence-electron chi connectivity index (χ0n) is 19.5. The zero-order valence-corrected chi connectivity index (χ0v) is 19.5. The lowest BCUT2D eigenvalue weighted by Crippen LogP contribution is -2.29. The zero-order chi connectivity index (χ0) is 24.0. The van der Waals surface area contributed by atoms with Crippen molar-refractivity contribution in [1.82, 2.24) is 4.90 Å². The van der Waals surface area contributed by atoms with Gasteiger partial charge in [0.05, 0.1) is 18.4 Å². The fraction of sp³-hybridized carbons (Fsp3) is 0.296. The lowest BCUT2D eigenvalue weighted by Gasteiger charge is -2.25. The van der Waals surface area contributed by atoms with Gasteiger partial charge in [-0.3, -0.25) is 15.6 Å². The quantitative estimate of drug-likeness (QED) is 0.404. The van der Waals surface area contributed by atoms with Gasteiger partial charge in [-0.25, -0.2) is 0 Å². The largest absolute Gasteiger partial charge is 0.489 e. The molecule has 0 saturated carbocycles. The van der Waals surface area contributed by atoms with E-state index in [4.69, 9.17) is 21.3 Å². The number of carbonyl (C=O) groups excluding carboxylic acids is 1. The molecule has 3 aromatic rings. The molecule has 174 valence electrons. The molecule has 3 aromatic carbocycles. The molecule has 2 atom stereocenters. The van der Waals surface area contributed by atoms with Gasteiger partial charge in [0.2, 0.25) is 5.91 Å². The number of nitrogens with two attached hydrogens (primary N) is 1. The maximum Gasteiger partial charge on any atom is 0.224 e. The Hall–Kier alpha value is -3.87. The van der Waals surface area contributed by atoms with Gasteiger partial charge in [0, 0.05) is 31.1 Å². The molecular formula is C27H29N5O2. The summed E-state index contributed by atoms with van der Waals surface area (Å²) in [6.45, 7) is 4.99. The molecule has 0 radical (unpaired) electrons. The summed E-state index contributed by atoms with van der Waals surface area (Å²) in [5.41, 5.74) is 9.44. The Kier molecular flexibility index (Phi) is 5.48. The number of nitrogens with one attached hydrogen (secondary N) is 2. The number of amides is 1. The summed E-state index contributed by atoms with van der Waals surface area (Å²) in [5.74, 6) is 1.43. The summed E-state index contributed by atoms with van der Waals surface area (Å²) in [5, 5.41) is 17.6. The van der Waals surface area contributed by atoms with Crippen LogP contribution in [-0.2, 0) is 11.2 Å². The van der Waals surface area contributed by atoms with Crippen molar-refractivity contribution in [3.8, 4) is 5.75 Å². The number of amidine groups is 2. The Labute approximate surface area is 199 Å². The number of hydrogen-bond donors (Lipinski definition) is 3. The van der Waals surface area contributed by atoms with E-state index in [2.05, 4.69) is 24.3 Å². The standard InChI is InChI=1S/C27H29N5O2/c1-16(28)31-10-9-24(15-31)34-23-7-8-25-22(13-23)14-26(32(25)17(2)33)19-5-3-18-4-6-20(27(29)30)12-21(18)11-19/h3-8,11-13,24,26,28H,9-10,14-15H2,1-2H3,(H3,29,30). The molecule has 0 aromatic heterocycles. The van der Waals surface area contributed by atoms with Crippen LogP contribution in [0.1, 0.15) is 43.0 Å². The number of nitrogens with zero attached hydrogens (tertiary/aromatic N) is 2. The third kappa shape index (κ3) is 3.98. The molecular weight excluding hydrogens is 426 g/mol. The van der Waals surface area contributed by atoms with Gasteiger partial charge in [-0.1, -0.05) is 24.3 Å². The smallest absolute Gasteiger partial charge is 0.224 e. The van der Waals surface area contributed by atoms with E-state index < -0.39 is 0 Å². The van der Waals surface area contributed by atoms with Crippen LogP contribution in [0.3, 0.4) is 0 Å². The molecule has 1 amide bonds. The molecule has 4 N–H and O–H groups in total. The molecule has 2 aliphatic heterocycles. The van der Waals surface area contributed by atoms with E-state index in [0.717, 1.165) is 52.8 Å². The van der Waals surface area contributed by atoms with Crippen molar-refractivity contribution in [2.45, 2.75) is 38.8 Å². The first-order valence-corrected chi connectivity index (χ1v) is 11.6. The van der Waals surface area contributed by atoms with Crippen LogP contribution in [0.2, 0.25) is 0 Å². The van der Waals surface area contributed by atoms with Gasteiger partial charge in [-0.2, -0.15) is 0 Å². The van der Waals surface area contributed by atoms with Crippen molar-refractivity contribution in [1.29, 1.82) is 10.8 Å². The predicted molar refractivity (Wildman–Crippen MR) is 135 cm³/mol. The molecule has 2 aliphatic rings. The third-order valence-electron chi connectivity index (χ3n) is 6.86. The van der Waals surface area contributed by atoms with Crippen molar-refractivity contribution in [3.63, 3.8) is 0 Å². The highest BCUT2D eigenvalue weighted by molar-refractivity contribution is 5.99. The van der Waals surface area contributed by atoms with E-state index in [1.165, 1.54) is 0 Å². The van der Waals surface area contributed by atoms with Gasteiger partial charge in [0.15, 0.2) is 0 Å². The molecule has 34 heavy (non-hydrogen) atoms. The first-order valence-electron chi connectivity index (χ1n) is 11.6. The average molecular weight is 456 g/mol. The van der Waals surface area contributed by atoms with Crippen LogP contribution in [0.15, 0.2) is 54.6 Å². The lowest BCUT2D eigenvalue weighted by molar-refractivity contribution is -0.116. The molecule has 2 heterocycles. The van der Waals surface area contributed by atoms with E-state index in [1.54, 1.807) is 6.92 Å². The molecule has 7 heteroatoms. The Morgan fingerprint density at radius 1 is 1.03 bits per heavy atom. The molecule has 7 nitrogen and oxygen atoms in total. The maximum atomic E-state index is 12.7. The second-order valence-electron chi connectivity index (χ2n) is 9.19. The third-order valence-corrected chi connectivity index (χ3v) is 6.86. The fourth-order valence-electron chi connectivity index (χ4n) is 5.12. The highest BCUT2D eigenvalue weighted by atomic mass is 16.5. The number of nitrogen functional groups attached to an aromatic ring is 1. The number of anilines is 1. The maximum absolute atomic E-state index is 12.7. The molecule has 2 unspecified atom stereocenters. The minimum Gasteiger partial charge on any atom is -0.489 e. The summed E-state index contributed by atoms with van der Waals surface area (Å²) < 4.78 is 6.24. The average Bonchev–Trinajstić information content (AvgIpc) is 3.43. The van der Waals surface area contributed by atoms with Crippen molar-refractivity contribution < 1.29 is 9.53 Å². The monoisotopic (exact) mass is 455 g/mol. The number of benzene rings is 3. The van der Waals surface area contributed by atoms with Crippen molar-refractivity contribution in [2.75, 3.05) is 18.0 Å². The highest BCUT2D eigenvalue weighted by Crippen LogP contribution is 2.42. The fourth-order valence-corrected chi connectivity index (χ4v) is 5.12. The van der Waals surface area contributed by atoms with Gasteiger partial charge < -0.3 is 20.3 Å². The summed E-state index contributed by atoms with van der Waals surface area (Å²) in [4.78, 5) is 16.6. The van der Waals surface area contributed by atoms with Crippen LogP contribution in [0, 0.1) is 10.8 Å². The van der Waals surface area contributed by atoms with Gasteiger partial charge in [0.1, 0.15) is 17.7 Å². The summed E-state index contributed by atoms with van der Waals surface area (Å²) >= 11 is 0. The Balaban J connectivity index is 1.43. The SMILES string of the molecule is CC(=N)N1CCC(Oc2ccc3c(c2)CC(c2ccc4ccc(C(=N)N)cc4c2)N3C(C)=O)C1. The first-order chi connectivity index (χ1) is 16.3. The van der Waals surface area contributed by atoms with Crippen LogP contribution >= 0.6 is 0 Å².